The van der Waals surface area contributed by atoms with Crippen LogP contribution in [0.1, 0.15) is 11.4 Å². The molecule has 0 amide bonds. The van der Waals surface area contributed by atoms with E-state index in [0.717, 1.165) is 22.6 Å². The summed E-state index contributed by atoms with van der Waals surface area (Å²) in [5.41, 5.74) is 11.5. The molecule has 2 heterocycles. The largest absolute Gasteiger partial charge is 0.261 e. The molecule has 0 spiro atoms. The van der Waals surface area contributed by atoms with Crippen LogP contribution < -0.4 is 0 Å². The molecule has 0 N–H and O–H groups in total. The summed E-state index contributed by atoms with van der Waals surface area (Å²) in [5, 5.41) is 5.02. The van der Waals surface area contributed by atoms with E-state index in [9.17, 15) is 0 Å². The normalized spacial score (nSPS) is 11.2. The summed E-state index contributed by atoms with van der Waals surface area (Å²) in [6.07, 6.45) is 1.85. The lowest BCUT2D eigenvalue weighted by Crippen LogP contribution is -1.92. The molecular formula is C38H28N2. The number of aryl methyl sites for hydroxylation is 2. The Morgan fingerprint density at radius 2 is 0.925 bits per heavy atom. The van der Waals surface area contributed by atoms with Crippen LogP contribution in [0.15, 0.2) is 134 Å². The van der Waals surface area contributed by atoms with Crippen LogP contribution >= 0.6 is 0 Å². The van der Waals surface area contributed by atoms with Crippen molar-refractivity contribution in [3.63, 3.8) is 0 Å². The maximum atomic E-state index is 4.72. The average Bonchev–Trinajstić information content (AvgIpc) is 3.00. The third-order valence-corrected chi connectivity index (χ3v) is 7.78. The number of hydrogen-bond acceptors (Lipinski definition) is 2. The first-order chi connectivity index (χ1) is 19.7. The minimum Gasteiger partial charge on any atom is -0.261 e. The van der Waals surface area contributed by atoms with E-state index in [0.29, 0.717) is 0 Å². The van der Waals surface area contributed by atoms with Crippen LogP contribution in [0.4, 0.5) is 0 Å². The van der Waals surface area contributed by atoms with Gasteiger partial charge < -0.3 is 0 Å². The lowest BCUT2D eigenvalue weighted by molar-refractivity contribution is 1.20. The van der Waals surface area contributed by atoms with E-state index < -0.39 is 0 Å². The Kier molecular flexibility index (Phi) is 5.94. The monoisotopic (exact) mass is 512 g/mol. The Morgan fingerprint density at radius 3 is 1.43 bits per heavy atom. The second-order valence-corrected chi connectivity index (χ2v) is 10.3. The second-order valence-electron chi connectivity index (χ2n) is 10.3. The van der Waals surface area contributed by atoms with Crippen LogP contribution in [0.3, 0.4) is 0 Å². The van der Waals surface area contributed by atoms with Gasteiger partial charge in [0, 0.05) is 28.7 Å². The molecule has 5 aromatic carbocycles. The molecule has 0 saturated heterocycles. The van der Waals surface area contributed by atoms with Crippen LogP contribution in [-0.4, -0.2) is 9.97 Å². The Balaban J connectivity index is 1.41. The minimum atomic E-state index is 1.00. The molecular weight excluding hydrogens is 484 g/mol. The van der Waals surface area contributed by atoms with Crippen LogP contribution in [0, 0.1) is 13.8 Å². The first-order valence-corrected chi connectivity index (χ1v) is 13.7. The van der Waals surface area contributed by atoms with Gasteiger partial charge in [0.05, 0.1) is 5.69 Å². The summed E-state index contributed by atoms with van der Waals surface area (Å²) >= 11 is 0. The Labute approximate surface area is 234 Å². The number of aromatic nitrogens is 2. The topological polar surface area (TPSA) is 25.8 Å². The smallest absolute Gasteiger partial charge is 0.0705 e. The molecule has 0 saturated carbocycles. The molecule has 7 rings (SSSR count). The molecule has 7 aromatic rings. The van der Waals surface area contributed by atoms with Crippen molar-refractivity contribution in [3.8, 4) is 44.6 Å². The number of pyridine rings is 2. The van der Waals surface area contributed by atoms with Crippen molar-refractivity contribution in [1.29, 1.82) is 0 Å². The second kappa shape index (κ2) is 9.91. The van der Waals surface area contributed by atoms with Crippen molar-refractivity contribution in [3.05, 3.63) is 145 Å². The molecule has 0 bridgehead atoms. The quantitative estimate of drug-likeness (QED) is 0.219. The van der Waals surface area contributed by atoms with Gasteiger partial charge in [-0.25, -0.2) is 0 Å². The number of fused-ring (bicyclic) bond motifs is 2. The summed E-state index contributed by atoms with van der Waals surface area (Å²) in [7, 11) is 0. The molecule has 190 valence electrons. The third kappa shape index (κ3) is 4.15. The summed E-state index contributed by atoms with van der Waals surface area (Å²) in [5.74, 6) is 0. The van der Waals surface area contributed by atoms with E-state index in [-0.39, 0.29) is 0 Å². The molecule has 0 fully saturated rings. The predicted octanol–water partition coefficient (Wildman–Crippen LogP) is 10.1. The van der Waals surface area contributed by atoms with Crippen molar-refractivity contribution in [2.45, 2.75) is 13.8 Å². The van der Waals surface area contributed by atoms with Gasteiger partial charge in [-0.15, -0.1) is 0 Å². The average molecular weight is 513 g/mol. The van der Waals surface area contributed by atoms with Crippen LogP contribution in [-0.2, 0) is 0 Å². The molecule has 0 aliphatic carbocycles. The lowest BCUT2D eigenvalue weighted by Gasteiger charge is -2.18. The van der Waals surface area contributed by atoms with Gasteiger partial charge in [-0.1, -0.05) is 109 Å². The van der Waals surface area contributed by atoms with E-state index in [4.69, 9.17) is 4.98 Å². The van der Waals surface area contributed by atoms with Crippen molar-refractivity contribution in [2.75, 3.05) is 0 Å². The summed E-state index contributed by atoms with van der Waals surface area (Å²) in [6, 6.07) is 45.7. The van der Waals surface area contributed by atoms with Gasteiger partial charge >= 0.3 is 0 Å². The Bertz CT molecular complexity index is 1950. The molecule has 2 aromatic heterocycles. The van der Waals surface area contributed by atoms with E-state index in [2.05, 4.69) is 127 Å². The molecule has 0 aliphatic heterocycles. The van der Waals surface area contributed by atoms with Crippen molar-refractivity contribution < 1.29 is 0 Å². The van der Waals surface area contributed by atoms with Gasteiger partial charge in [-0.2, -0.15) is 0 Å². The fourth-order valence-corrected chi connectivity index (χ4v) is 5.87. The van der Waals surface area contributed by atoms with Crippen LogP contribution in [0.2, 0.25) is 0 Å². The van der Waals surface area contributed by atoms with Gasteiger partial charge in [-0.3, -0.25) is 9.97 Å². The van der Waals surface area contributed by atoms with Gasteiger partial charge in [0.1, 0.15) is 0 Å². The number of nitrogens with zero attached hydrogens (tertiary/aromatic N) is 2. The molecule has 0 aliphatic rings. The lowest BCUT2D eigenvalue weighted by atomic mass is 9.85. The highest BCUT2D eigenvalue weighted by atomic mass is 14.7. The molecule has 0 atom stereocenters. The number of hydrogen-bond donors (Lipinski definition) is 0. The van der Waals surface area contributed by atoms with Gasteiger partial charge in [0.25, 0.3) is 0 Å². The third-order valence-electron chi connectivity index (χ3n) is 7.78. The SMILES string of the molecule is Cc1cccc(-c2ccc(-c3c4ccccc4c(-c4ccc(-c5cccnc5C)cc4)c4ccccc34)cc2)n1. The Hall–Kier alpha value is -5.08. The van der Waals surface area contributed by atoms with Gasteiger partial charge in [0.2, 0.25) is 0 Å². The van der Waals surface area contributed by atoms with E-state index in [1.807, 2.05) is 25.3 Å². The highest BCUT2D eigenvalue weighted by molar-refractivity contribution is 6.21. The summed E-state index contributed by atoms with van der Waals surface area (Å²) < 4.78 is 0. The van der Waals surface area contributed by atoms with Gasteiger partial charge in [0.15, 0.2) is 0 Å². The minimum absolute atomic E-state index is 1.00. The molecule has 0 radical (unpaired) electrons. The molecule has 0 unspecified atom stereocenters. The first-order valence-electron chi connectivity index (χ1n) is 13.7. The van der Waals surface area contributed by atoms with Crippen LogP contribution in [0.25, 0.3) is 66.2 Å². The standard InChI is InChI=1S/C38H28N2/c1-25-9-7-15-36(40-25)28-18-22-30(23-19-28)38-34-12-5-3-10-32(34)37(33-11-4-6-13-35(33)38)29-20-16-27(17-21-29)31-14-8-24-39-26(31)2/h3-24H,1-2H3. The predicted molar refractivity (Wildman–Crippen MR) is 168 cm³/mol. The van der Waals surface area contributed by atoms with Crippen molar-refractivity contribution >= 4 is 21.5 Å². The number of rotatable bonds is 4. The van der Waals surface area contributed by atoms with Crippen molar-refractivity contribution in [1.82, 2.24) is 9.97 Å². The van der Waals surface area contributed by atoms with Crippen LogP contribution in [0.5, 0.6) is 0 Å². The maximum Gasteiger partial charge on any atom is 0.0705 e. The molecule has 2 nitrogen and oxygen atoms in total. The Morgan fingerprint density at radius 1 is 0.425 bits per heavy atom. The van der Waals surface area contributed by atoms with E-state index in [1.165, 1.54) is 54.9 Å². The maximum absolute atomic E-state index is 4.72. The van der Waals surface area contributed by atoms with E-state index in [1.54, 1.807) is 0 Å². The molecule has 40 heavy (non-hydrogen) atoms. The molecule has 2 heteroatoms. The number of benzene rings is 5. The zero-order valence-corrected chi connectivity index (χ0v) is 22.6. The highest BCUT2D eigenvalue weighted by Gasteiger charge is 2.17. The zero-order valence-electron chi connectivity index (χ0n) is 22.6. The zero-order chi connectivity index (χ0) is 27.1. The van der Waals surface area contributed by atoms with Gasteiger partial charge in [-0.05, 0) is 81.4 Å². The fourth-order valence-electron chi connectivity index (χ4n) is 5.87. The summed E-state index contributed by atoms with van der Waals surface area (Å²) in [4.78, 5) is 9.20. The van der Waals surface area contributed by atoms with E-state index >= 15 is 0 Å². The summed E-state index contributed by atoms with van der Waals surface area (Å²) in [6.45, 7) is 4.10. The highest BCUT2D eigenvalue weighted by Crippen LogP contribution is 2.44. The van der Waals surface area contributed by atoms with Crippen molar-refractivity contribution in [2.24, 2.45) is 0 Å². The fraction of sp³-hybridized carbons (Fsp3) is 0.0526. The first kappa shape index (κ1) is 24.0.